The van der Waals surface area contributed by atoms with Gasteiger partial charge in [-0.2, -0.15) is 0 Å². The van der Waals surface area contributed by atoms with Crippen molar-refractivity contribution in [2.45, 2.75) is 13.1 Å². The molecule has 132 valence electrons. The number of hydrogen-bond acceptors (Lipinski definition) is 3. The van der Waals surface area contributed by atoms with Crippen LogP contribution in [0, 0.1) is 0 Å². The second kappa shape index (κ2) is 8.99. The maximum absolute atomic E-state index is 5.67. The minimum absolute atomic E-state index is 0.259. The number of hydrogen-bond donors (Lipinski definition) is 1. The smallest absolute Gasteiger partial charge is 0.115 e. The lowest BCUT2D eigenvalue weighted by Gasteiger charge is -2.34. The Balaban J connectivity index is 1.47. The van der Waals surface area contributed by atoms with Crippen LogP contribution in [0.1, 0.15) is 11.1 Å². The van der Waals surface area contributed by atoms with Gasteiger partial charge in [-0.3, -0.25) is 9.80 Å². The molecule has 1 aliphatic heterocycles. The molecule has 0 atom stereocenters. The quantitative estimate of drug-likeness (QED) is 0.491. The van der Waals surface area contributed by atoms with Crippen LogP contribution in [0.5, 0.6) is 0 Å². The highest BCUT2D eigenvalue weighted by molar-refractivity contribution is 6.28. The minimum Gasteiger partial charge on any atom is -0.386 e. The van der Waals surface area contributed by atoms with Crippen LogP contribution in [0.25, 0.3) is 0 Å². The fourth-order valence-corrected chi connectivity index (χ4v) is 3.14. The number of nitrogens with zero attached hydrogens (tertiary/aromatic N) is 3. The van der Waals surface area contributed by atoms with E-state index in [4.69, 9.17) is 17.3 Å². The average molecular weight is 357 g/mol. The molecule has 1 aliphatic rings. The Morgan fingerprint density at radius 1 is 0.840 bits per heavy atom. The molecule has 1 fully saturated rings. The molecule has 2 aromatic carbocycles. The first-order chi connectivity index (χ1) is 12.2. The number of nitrogens with two attached hydrogens (primary N) is 1. The van der Waals surface area contributed by atoms with Crippen LogP contribution < -0.4 is 5.73 Å². The van der Waals surface area contributed by atoms with Crippen LogP contribution in [-0.2, 0) is 13.1 Å². The van der Waals surface area contributed by atoms with E-state index >= 15 is 0 Å². The Hall–Kier alpha value is -1.88. The van der Waals surface area contributed by atoms with Gasteiger partial charge in [0.25, 0.3) is 0 Å². The second-order valence-electron chi connectivity index (χ2n) is 6.44. The van der Waals surface area contributed by atoms with Crippen LogP contribution in [0.15, 0.2) is 59.6 Å². The summed E-state index contributed by atoms with van der Waals surface area (Å²) in [6.07, 6.45) is 0. The topological polar surface area (TPSA) is 44.9 Å². The van der Waals surface area contributed by atoms with Crippen molar-refractivity contribution in [3.8, 4) is 0 Å². The molecule has 2 N–H and O–H groups in total. The second-order valence-corrected chi connectivity index (χ2v) is 6.71. The van der Waals surface area contributed by atoms with Crippen LogP contribution in [-0.4, -0.2) is 47.7 Å². The van der Waals surface area contributed by atoms with Crippen molar-refractivity contribution >= 4 is 23.1 Å². The summed E-state index contributed by atoms with van der Waals surface area (Å²) >= 11 is 5.66. The van der Waals surface area contributed by atoms with E-state index in [9.17, 15) is 0 Å². The Morgan fingerprint density at radius 2 is 1.36 bits per heavy atom. The monoisotopic (exact) mass is 356 g/mol. The first kappa shape index (κ1) is 17.9. The van der Waals surface area contributed by atoms with Gasteiger partial charge in [0, 0.05) is 39.3 Å². The molecular weight excluding hydrogens is 332 g/mol. The Bertz CT molecular complexity index is 677. The van der Waals surface area contributed by atoms with Crippen LogP contribution in [0.4, 0.5) is 5.69 Å². The van der Waals surface area contributed by atoms with E-state index < -0.39 is 0 Å². The van der Waals surface area contributed by atoms with E-state index in [1.165, 1.54) is 11.1 Å². The SMILES string of the molecule is NC(CCl)=Nc1ccc(CN2CCN(Cc3ccccc3)CC2)cc1. The summed E-state index contributed by atoms with van der Waals surface area (Å²) < 4.78 is 0. The highest BCUT2D eigenvalue weighted by Crippen LogP contribution is 2.16. The number of halogens is 1. The highest BCUT2D eigenvalue weighted by Gasteiger charge is 2.16. The molecule has 0 aromatic heterocycles. The molecule has 0 spiro atoms. The summed E-state index contributed by atoms with van der Waals surface area (Å²) in [4.78, 5) is 9.29. The van der Waals surface area contributed by atoms with Crippen molar-refractivity contribution in [3.05, 3.63) is 65.7 Å². The standard InChI is InChI=1S/C20H25ClN4/c21-14-20(22)23-19-8-6-18(7-9-19)16-25-12-10-24(11-13-25)15-17-4-2-1-3-5-17/h1-9H,10-16H2,(H2,22,23). The third-order valence-corrected chi connectivity index (χ3v) is 4.74. The van der Waals surface area contributed by atoms with Gasteiger partial charge in [0.15, 0.2) is 0 Å². The molecule has 0 amide bonds. The Labute approximate surface area is 154 Å². The third kappa shape index (κ3) is 5.56. The third-order valence-electron chi connectivity index (χ3n) is 4.47. The lowest BCUT2D eigenvalue weighted by Crippen LogP contribution is -2.45. The van der Waals surface area contributed by atoms with E-state index in [2.05, 4.69) is 57.3 Å². The average Bonchev–Trinajstić information content (AvgIpc) is 2.66. The summed E-state index contributed by atoms with van der Waals surface area (Å²) in [5.74, 6) is 0.707. The Morgan fingerprint density at radius 3 is 1.88 bits per heavy atom. The van der Waals surface area contributed by atoms with Crippen molar-refractivity contribution in [1.82, 2.24) is 9.80 Å². The predicted molar refractivity (Wildman–Crippen MR) is 105 cm³/mol. The van der Waals surface area contributed by atoms with Gasteiger partial charge in [0.2, 0.25) is 0 Å². The number of benzene rings is 2. The number of amidine groups is 1. The molecule has 0 bridgehead atoms. The normalized spacial score (nSPS) is 16.9. The Kier molecular flexibility index (Phi) is 6.45. The fraction of sp³-hybridized carbons (Fsp3) is 0.350. The lowest BCUT2D eigenvalue weighted by atomic mass is 10.1. The van der Waals surface area contributed by atoms with E-state index in [1.807, 2.05) is 12.1 Å². The zero-order valence-electron chi connectivity index (χ0n) is 14.4. The highest BCUT2D eigenvalue weighted by atomic mass is 35.5. The minimum atomic E-state index is 0.259. The zero-order chi connectivity index (χ0) is 17.5. The molecule has 1 saturated heterocycles. The summed E-state index contributed by atoms with van der Waals surface area (Å²) in [6.45, 7) is 6.46. The molecule has 5 heteroatoms. The number of aliphatic imine (C=N–C) groups is 1. The van der Waals surface area contributed by atoms with E-state index in [0.717, 1.165) is 45.0 Å². The van der Waals surface area contributed by atoms with Crippen molar-refractivity contribution < 1.29 is 0 Å². The molecule has 1 heterocycles. The van der Waals surface area contributed by atoms with E-state index in [1.54, 1.807) is 0 Å². The number of piperazine rings is 1. The first-order valence-electron chi connectivity index (χ1n) is 8.69. The van der Waals surface area contributed by atoms with Crippen LogP contribution in [0.2, 0.25) is 0 Å². The molecule has 3 rings (SSSR count). The van der Waals surface area contributed by atoms with Gasteiger partial charge in [0.1, 0.15) is 5.84 Å². The van der Waals surface area contributed by atoms with Crippen molar-refractivity contribution in [3.63, 3.8) is 0 Å². The molecular formula is C20H25ClN4. The lowest BCUT2D eigenvalue weighted by molar-refractivity contribution is 0.122. The number of rotatable bonds is 6. The van der Waals surface area contributed by atoms with E-state index in [0.29, 0.717) is 5.84 Å². The summed E-state index contributed by atoms with van der Waals surface area (Å²) in [6, 6.07) is 18.9. The molecule has 2 aromatic rings. The summed E-state index contributed by atoms with van der Waals surface area (Å²) in [5.41, 5.74) is 9.22. The van der Waals surface area contributed by atoms with E-state index in [-0.39, 0.29) is 5.88 Å². The number of alkyl halides is 1. The van der Waals surface area contributed by atoms with Crippen molar-refractivity contribution in [2.75, 3.05) is 32.1 Å². The fourth-order valence-electron chi connectivity index (χ4n) is 3.08. The van der Waals surface area contributed by atoms with Gasteiger partial charge < -0.3 is 5.73 Å². The van der Waals surface area contributed by atoms with Gasteiger partial charge in [-0.25, -0.2) is 4.99 Å². The van der Waals surface area contributed by atoms with Gasteiger partial charge in [-0.15, -0.1) is 11.6 Å². The van der Waals surface area contributed by atoms with Gasteiger partial charge >= 0.3 is 0 Å². The molecule has 0 radical (unpaired) electrons. The van der Waals surface area contributed by atoms with Crippen molar-refractivity contribution in [1.29, 1.82) is 0 Å². The molecule has 0 aliphatic carbocycles. The zero-order valence-corrected chi connectivity index (χ0v) is 15.2. The molecule has 4 nitrogen and oxygen atoms in total. The van der Waals surface area contributed by atoms with Gasteiger partial charge in [0.05, 0.1) is 11.6 Å². The van der Waals surface area contributed by atoms with Gasteiger partial charge in [-0.05, 0) is 23.3 Å². The predicted octanol–water partition coefficient (Wildman–Crippen LogP) is 3.23. The largest absolute Gasteiger partial charge is 0.386 e. The maximum atomic E-state index is 5.67. The van der Waals surface area contributed by atoms with Crippen molar-refractivity contribution in [2.24, 2.45) is 10.7 Å². The molecule has 25 heavy (non-hydrogen) atoms. The van der Waals surface area contributed by atoms with Crippen LogP contribution in [0.3, 0.4) is 0 Å². The molecule has 0 saturated carbocycles. The summed E-state index contributed by atoms with van der Waals surface area (Å²) in [5, 5.41) is 0. The van der Waals surface area contributed by atoms with Gasteiger partial charge in [-0.1, -0.05) is 42.5 Å². The maximum Gasteiger partial charge on any atom is 0.115 e. The summed E-state index contributed by atoms with van der Waals surface area (Å²) in [7, 11) is 0. The molecule has 0 unspecified atom stereocenters. The first-order valence-corrected chi connectivity index (χ1v) is 9.23. The van der Waals surface area contributed by atoms with Crippen LogP contribution >= 0.6 is 11.6 Å².